The van der Waals surface area contributed by atoms with E-state index < -0.39 is 0 Å². The van der Waals surface area contributed by atoms with Gasteiger partial charge in [-0.1, -0.05) is 0 Å². The lowest BCUT2D eigenvalue weighted by atomic mass is 10.0. The number of aryl methyl sites for hydroxylation is 1. The monoisotopic (exact) mass is 195 g/mol. The average molecular weight is 195 g/mol. The molecule has 2 heterocycles. The molecule has 0 aliphatic carbocycles. The summed E-state index contributed by atoms with van der Waals surface area (Å²) < 4.78 is 7.60. The van der Waals surface area contributed by atoms with Gasteiger partial charge in [0.1, 0.15) is 0 Å². The van der Waals surface area contributed by atoms with Crippen LogP contribution in [-0.4, -0.2) is 35.1 Å². The predicted molar refractivity (Wildman–Crippen MR) is 54.1 cm³/mol. The maximum Gasteiger partial charge on any atom is 0.0901 e. The van der Waals surface area contributed by atoms with Crippen LogP contribution in [0, 0.1) is 0 Å². The first-order valence-electron chi connectivity index (χ1n) is 5.00. The quantitative estimate of drug-likeness (QED) is 0.753. The van der Waals surface area contributed by atoms with Crippen molar-refractivity contribution in [2.24, 2.45) is 7.05 Å². The lowest BCUT2D eigenvalue weighted by Gasteiger charge is -2.39. The van der Waals surface area contributed by atoms with Crippen LogP contribution in [0.2, 0.25) is 0 Å². The van der Waals surface area contributed by atoms with Crippen molar-refractivity contribution in [1.29, 1.82) is 0 Å². The molecule has 1 saturated heterocycles. The number of hydrogen-bond donors (Lipinski definition) is 1. The molecule has 1 fully saturated rings. The molecule has 0 spiro atoms. The van der Waals surface area contributed by atoms with Crippen molar-refractivity contribution in [3.8, 4) is 0 Å². The molecule has 0 aromatic carbocycles. The van der Waals surface area contributed by atoms with Crippen LogP contribution in [0.25, 0.3) is 0 Å². The molecule has 1 aliphatic heterocycles. The number of aromatic nitrogens is 2. The second-order valence-corrected chi connectivity index (χ2v) is 4.17. The fraction of sp³-hybridized carbons (Fsp3) is 0.700. The van der Waals surface area contributed by atoms with E-state index in [2.05, 4.69) is 17.3 Å². The fourth-order valence-corrected chi connectivity index (χ4v) is 1.60. The van der Waals surface area contributed by atoms with Gasteiger partial charge < -0.3 is 10.1 Å². The molecule has 78 valence electrons. The van der Waals surface area contributed by atoms with E-state index in [1.165, 1.54) is 5.56 Å². The summed E-state index contributed by atoms with van der Waals surface area (Å²) in [4.78, 5) is 0. The lowest BCUT2D eigenvalue weighted by molar-refractivity contribution is -0.0652. The molecule has 0 saturated carbocycles. The third kappa shape index (κ3) is 2.13. The van der Waals surface area contributed by atoms with E-state index in [9.17, 15) is 0 Å². The van der Waals surface area contributed by atoms with Crippen LogP contribution in [0.3, 0.4) is 0 Å². The Kier molecular flexibility index (Phi) is 2.56. The topological polar surface area (TPSA) is 39.1 Å². The van der Waals surface area contributed by atoms with Crippen LogP contribution in [-0.2, 0) is 18.2 Å². The third-order valence-corrected chi connectivity index (χ3v) is 2.60. The number of nitrogens with one attached hydrogen (secondary N) is 1. The van der Waals surface area contributed by atoms with E-state index in [1.807, 2.05) is 24.1 Å². The van der Waals surface area contributed by atoms with Gasteiger partial charge in [0.2, 0.25) is 0 Å². The van der Waals surface area contributed by atoms with Crippen molar-refractivity contribution in [2.45, 2.75) is 18.9 Å². The number of ether oxygens (including phenoxy) is 1. The van der Waals surface area contributed by atoms with Gasteiger partial charge in [0.15, 0.2) is 0 Å². The lowest BCUT2D eigenvalue weighted by Crippen LogP contribution is -2.59. The number of nitrogens with zero attached hydrogens (tertiary/aromatic N) is 2. The van der Waals surface area contributed by atoms with E-state index in [-0.39, 0.29) is 5.60 Å². The SMILES string of the molecule is Cn1cc(CCOC2(C)CNC2)cn1. The molecular formula is C10H17N3O. The van der Waals surface area contributed by atoms with Crippen molar-refractivity contribution in [2.75, 3.05) is 19.7 Å². The summed E-state index contributed by atoms with van der Waals surface area (Å²) >= 11 is 0. The summed E-state index contributed by atoms with van der Waals surface area (Å²) in [6, 6.07) is 0. The van der Waals surface area contributed by atoms with Gasteiger partial charge in [-0.15, -0.1) is 0 Å². The molecule has 0 amide bonds. The summed E-state index contributed by atoms with van der Waals surface area (Å²) in [6.07, 6.45) is 4.87. The molecule has 1 aliphatic rings. The molecule has 1 aromatic heterocycles. The highest BCUT2D eigenvalue weighted by atomic mass is 16.5. The van der Waals surface area contributed by atoms with Crippen LogP contribution < -0.4 is 5.32 Å². The Morgan fingerprint density at radius 3 is 2.93 bits per heavy atom. The minimum absolute atomic E-state index is 0.0716. The normalized spacial score (nSPS) is 19.3. The first kappa shape index (κ1) is 9.68. The zero-order valence-electron chi connectivity index (χ0n) is 8.79. The zero-order chi connectivity index (χ0) is 10.0. The zero-order valence-corrected chi connectivity index (χ0v) is 8.79. The standard InChI is InChI=1S/C10H17N3O/c1-10(7-11-8-10)14-4-3-9-5-12-13(2)6-9/h5-6,11H,3-4,7-8H2,1-2H3. The molecule has 0 unspecified atom stereocenters. The Labute approximate surface area is 84.3 Å². The van der Waals surface area contributed by atoms with Crippen molar-refractivity contribution in [1.82, 2.24) is 15.1 Å². The summed E-state index contributed by atoms with van der Waals surface area (Å²) in [5, 5.41) is 7.33. The first-order valence-corrected chi connectivity index (χ1v) is 5.00. The van der Waals surface area contributed by atoms with Gasteiger partial charge in [0.25, 0.3) is 0 Å². The van der Waals surface area contributed by atoms with Gasteiger partial charge in [-0.2, -0.15) is 5.10 Å². The Morgan fingerprint density at radius 2 is 2.43 bits per heavy atom. The van der Waals surface area contributed by atoms with Crippen LogP contribution in [0.4, 0.5) is 0 Å². The van der Waals surface area contributed by atoms with Gasteiger partial charge in [0, 0.05) is 26.3 Å². The average Bonchev–Trinajstić information content (AvgIpc) is 2.49. The Morgan fingerprint density at radius 1 is 1.64 bits per heavy atom. The highest BCUT2D eigenvalue weighted by Gasteiger charge is 2.31. The summed E-state index contributed by atoms with van der Waals surface area (Å²) in [7, 11) is 1.93. The van der Waals surface area contributed by atoms with Crippen LogP contribution in [0.15, 0.2) is 12.4 Å². The first-order chi connectivity index (χ1) is 6.68. The maximum atomic E-state index is 5.78. The van der Waals surface area contributed by atoms with E-state index in [4.69, 9.17) is 4.74 Å². The predicted octanol–water partition coefficient (Wildman–Crippen LogP) is 0.341. The van der Waals surface area contributed by atoms with Crippen LogP contribution >= 0.6 is 0 Å². The summed E-state index contributed by atoms with van der Waals surface area (Å²) in [6.45, 7) is 4.87. The smallest absolute Gasteiger partial charge is 0.0901 e. The Balaban J connectivity index is 1.72. The fourth-order valence-electron chi connectivity index (χ4n) is 1.60. The van der Waals surface area contributed by atoms with Gasteiger partial charge >= 0.3 is 0 Å². The molecule has 2 rings (SSSR count). The second-order valence-electron chi connectivity index (χ2n) is 4.17. The number of hydrogen-bond acceptors (Lipinski definition) is 3. The molecule has 0 bridgehead atoms. The summed E-state index contributed by atoms with van der Waals surface area (Å²) in [5.74, 6) is 0. The molecule has 4 heteroatoms. The highest BCUT2D eigenvalue weighted by molar-refractivity contribution is 5.03. The molecule has 14 heavy (non-hydrogen) atoms. The van der Waals surface area contributed by atoms with Gasteiger partial charge in [0.05, 0.1) is 18.4 Å². The highest BCUT2D eigenvalue weighted by Crippen LogP contribution is 2.15. The minimum atomic E-state index is 0.0716. The molecule has 0 atom stereocenters. The second kappa shape index (κ2) is 3.71. The molecule has 4 nitrogen and oxygen atoms in total. The van der Waals surface area contributed by atoms with E-state index in [1.54, 1.807) is 0 Å². The van der Waals surface area contributed by atoms with Gasteiger partial charge in [-0.3, -0.25) is 4.68 Å². The Bertz CT molecular complexity index is 304. The molecule has 1 N–H and O–H groups in total. The Hall–Kier alpha value is -0.870. The largest absolute Gasteiger partial charge is 0.372 e. The molecular weight excluding hydrogens is 178 g/mol. The number of rotatable bonds is 4. The van der Waals surface area contributed by atoms with Gasteiger partial charge in [-0.05, 0) is 18.9 Å². The van der Waals surface area contributed by atoms with Crippen molar-refractivity contribution >= 4 is 0 Å². The minimum Gasteiger partial charge on any atom is -0.372 e. The molecule has 0 radical (unpaired) electrons. The van der Waals surface area contributed by atoms with Crippen molar-refractivity contribution < 1.29 is 4.74 Å². The van der Waals surface area contributed by atoms with E-state index in [0.717, 1.165) is 26.1 Å². The van der Waals surface area contributed by atoms with E-state index >= 15 is 0 Å². The van der Waals surface area contributed by atoms with Crippen molar-refractivity contribution in [3.63, 3.8) is 0 Å². The third-order valence-electron chi connectivity index (χ3n) is 2.60. The van der Waals surface area contributed by atoms with Crippen molar-refractivity contribution in [3.05, 3.63) is 18.0 Å². The van der Waals surface area contributed by atoms with Gasteiger partial charge in [-0.25, -0.2) is 0 Å². The summed E-state index contributed by atoms with van der Waals surface area (Å²) in [5.41, 5.74) is 1.31. The van der Waals surface area contributed by atoms with Crippen LogP contribution in [0.1, 0.15) is 12.5 Å². The maximum absolute atomic E-state index is 5.78. The van der Waals surface area contributed by atoms with E-state index in [0.29, 0.717) is 0 Å². The van der Waals surface area contributed by atoms with Crippen LogP contribution in [0.5, 0.6) is 0 Å². The molecule has 1 aromatic rings.